The minimum atomic E-state index is -1.21. The maximum Gasteiger partial charge on any atom is 0.414 e. The van der Waals surface area contributed by atoms with E-state index in [-0.39, 0.29) is 17.2 Å². The molecule has 0 aromatic carbocycles. The lowest BCUT2D eigenvalue weighted by atomic mass is 10.1. The number of rotatable bonds is 12. The van der Waals surface area contributed by atoms with Crippen molar-refractivity contribution in [1.82, 2.24) is 10.3 Å². The van der Waals surface area contributed by atoms with Gasteiger partial charge in [0.2, 0.25) is 0 Å². The Morgan fingerprint density at radius 1 is 1.15 bits per heavy atom. The van der Waals surface area contributed by atoms with Crippen molar-refractivity contribution in [2.75, 3.05) is 20.3 Å². The number of carbonyl (C=O) groups is 3. The number of aliphatic carboxylic acids is 1. The molecule has 0 aliphatic heterocycles. The SMILES string of the molecule is CCCCCCCCOC(=O)c1cnc(OC(=O)NCC(=O)O)c(OC)c1. The van der Waals surface area contributed by atoms with E-state index >= 15 is 0 Å². The van der Waals surface area contributed by atoms with E-state index in [2.05, 4.69) is 11.9 Å². The molecule has 9 heteroatoms. The summed E-state index contributed by atoms with van der Waals surface area (Å²) in [7, 11) is 1.32. The van der Waals surface area contributed by atoms with Crippen LogP contribution in [0.4, 0.5) is 4.79 Å². The summed E-state index contributed by atoms with van der Waals surface area (Å²) >= 11 is 0. The first-order valence-corrected chi connectivity index (χ1v) is 8.86. The molecule has 9 nitrogen and oxygen atoms in total. The first-order chi connectivity index (χ1) is 13.0. The summed E-state index contributed by atoms with van der Waals surface area (Å²) in [5.41, 5.74) is 0.163. The van der Waals surface area contributed by atoms with E-state index in [4.69, 9.17) is 19.3 Å². The van der Waals surface area contributed by atoms with Crippen LogP contribution in [0.25, 0.3) is 0 Å². The zero-order valence-corrected chi connectivity index (χ0v) is 15.7. The van der Waals surface area contributed by atoms with Gasteiger partial charge in [0, 0.05) is 12.3 Å². The number of carboxylic acids is 1. The number of carboxylic acid groups (broad SMARTS) is 1. The molecule has 1 aromatic rings. The molecule has 0 atom stereocenters. The van der Waals surface area contributed by atoms with Gasteiger partial charge in [-0.05, 0) is 6.42 Å². The lowest BCUT2D eigenvalue weighted by Gasteiger charge is -2.10. The summed E-state index contributed by atoms with van der Waals surface area (Å²) in [4.78, 5) is 37.8. The summed E-state index contributed by atoms with van der Waals surface area (Å²) in [5.74, 6) is -1.89. The summed E-state index contributed by atoms with van der Waals surface area (Å²) in [6.07, 6.45) is 6.72. The number of nitrogens with one attached hydrogen (secondary N) is 1. The van der Waals surface area contributed by atoms with Crippen LogP contribution in [0.1, 0.15) is 55.8 Å². The Balaban J connectivity index is 2.51. The number of hydrogen-bond acceptors (Lipinski definition) is 7. The Kier molecular flexibility index (Phi) is 10.3. The summed E-state index contributed by atoms with van der Waals surface area (Å²) in [6, 6.07) is 1.34. The first kappa shape index (κ1) is 22.2. The zero-order chi connectivity index (χ0) is 20.1. The van der Waals surface area contributed by atoms with Crippen molar-refractivity contribution >= 4 is 18.0 Å². The second-order valence-electron chi connectivity index (χ2n) is 5.77. The van der Waals surface area contributed by atoms with Gasteiger partial charge in [-0.2, -0.15) is 0 Å². The van der Waals surface area contributed by atoms with Gasteiger partial charge < -0.3 is 24.6 Å². The fourth-order valence-corrected chi connectivity index (χ4v) is 2.17. The van der Waals surface area contributed by atoms with Crippen molar-refractivity contribution < 1.29 is 33.7 Å². The molecule has 2 N–H and O–H groups in total. The molecule has 0 bridgehead atoms. The third-order valence-electron chi connectivity index (χ3n) is 3.58. The van der Waals surface area contributed by atoms with Crippen LogP contribution in [0.15, 0.2) is 12.3 Å². The van der Waals surface area contributed by atoms with Crippen molar-refractivity contribution in [3.8, 4) is 11.6 Å². The van der Waals surface area contributed by atoms with Gasteiger partial charge in [-0.15, -0.1) is 0 Å². The zero-order valence-electron chi connectivity index (χ0n) is 15.7. The molecule has 1 heterocycles. The summed E-state index contributed by atoms with van der Waals surface area (Å²) in [6.45, 7) is 1.88. The number of ether oxygens (including phenoxy) is 3. The fourth-order valence-electron chi connectivity index (χ4n) is 2.17. The van der Waals surface area contributed by atoms with Gasteiger partial charge in [0.25, 0.3) is 5.88 Å². The molecule has 0 aliphatic rings. The number of methoxy groups -OCH3 is 1. The van der Waals surface area contributed by atoms with Gasteiger partial charge in [-0.1, -0.05) is 39.0 Å². The number of unbranched alkanes of at least 4 members (excludes halogenated alkanes) is 5. The highest BCUT2D eigenvalue weighted by molar-refractivity contribution is 5.89. The molecule has 1 aromatic heterocycles. The maximum absolute atomic E-state index is 12.1. The molecule has 0 unspecified atom stereocenters. The quantitative estimate of drug-likeness (QED) is 0.418. The van der Waals surface area contributed by atoms with Gasteiger partial charge >= 0.3 is 18.0 Å². The Morgan fingerprint density at radius 3 is 2.52 bits per heavy atom. The molecule has 0 spiro atoms. The van der Waals surface area contributed by atoms with Gasteiger partial charge in [0.1, 0.15) is 6.54 Å². The van der Waals surface area contributed by atoms with Crippen LogP contribution in [-0.4, -0.2) is 48.4 Å². The molecule has 0 saturated carbocycles. The standard InChI is InChI=1S/C18H26N2O7/c1-3-4-5-6-7-8-9-26-17(23)13-10-14(25-2)16(19-11-13)27-18(24)20-12-15(21)22/h10-11H,3-9,12H2,1-2H3,(H,20,24)(H,21,22). The Bertz CT molecular complexity index is 634. The van der Waals surface area contributed by atoms with Crippen molar-refractivity contribution in [1.29, 1.82) is 0 Å². The Labute approximate surface area is 158 Å². The minimum Gasteiger partial charge on any atom is -0.491 e. The molecule has 0 aliphatic carbocycles. The van der Waals surface area contributed by atoms with E-state index in [1.807, 2.05) is 5.32 Å². The fraction of sp³-hybridized carbons (Fsp3) is 0.556. The topological polar surface area (TPSA) is 124 Å². The molecule has 27 heavy (non-hydrogen) atoms. The number of hydrogen-bond donors (Lipinski definition) is 2. The predicted octanol–water partition coefficient (Wildman–Crippen LogP) is 2.78. The molecule has 0 fully saturated rings. The molecular weight excluding hydrogens is 356 g/mol. The minimum absolute atomic E-state index is 0.0505. The highest BCUT2D eigenvalue weighted by Gasteiger charge is 2.16. The number of aromatic nitrogens is 1. The highest BCUT2D eigenvalue weighted by Crippen LogP contribution is 2.25. The van der Waals surface area contributed by atoms with Crippen molar-refractivity contribution in [2.45, 2.75) is 45.4 Å². The van der Waals surface area contributed by atoms with E-state index in [1.165, 1.54) is 38.6 Å². The normalized spacial score (nSPS) is 10.1. The van der Waals surface area contributed by atoms with E-state index in [0.717, 1.165) is 19.3 Å². The van der Waals surface area contributed by atoms with Gasteiger partial charge in [-0.25, -0.2) is 14.6 Å². The maximum atomic E-state index is 12.1. The molecule has 1 rings (SSSR count). The Morgan fingerprint density at radius 2 is 1.85 bits per heavy atom. The third-order valence-corrected chi connectivity index (χ3v) is 3.58. The van der Waals surface area contributed by atoms with Gasteiger partial charge in [0.05, 0.1) is 19.3 Å². The second kappa shape index (κ2) is 12.5. The predicted molar refractivity (Wildman–Crippen MR) is 96.1 cm³/mol. The number of pyridine rings is 1. The summed E-state index contributed by atoms with van der Waals surface area (Å²) in [5, 5.41) is 10.5. The molecule has 0 radical (unpaired) electrons. The average molecular weight is 382 g/mol. The first-order valence-electron chi connectivity index (χ1n) is 8.86. The van der Waals surface area contributed by atoms with E-state index < -0.39 is 24.6 Å². The van der Waals surface area contributed by atoms with Crippen LogP contribution in [0.3, 0.4) is 0 Å². The van der Waals surface area contributed by atoms with E-state index in [9.17, 15) is 14.4 Å². The molecule has 1 amide bonds. The van der Waals surface area contributed by atoms with E-state index in [0.29, 0.717) is 6.61 Å². The van der Waals surface area contributed by atoms with Crippen LogP contribution >= 0.6 is 0 Å². The molecular formula is C18H26N2O7. The smallest absolute Gasteiger partial charge is 0.414 e. The van der Waals surface area contributed by atoms with Crippen molar-refractivity contribution in [3.05, 3.63) is 17.8 Å². The second-order valence-corrected chi connectivity index (χ2v) is 5.77. The van der Waals surface area contributed by atoms with Crippen LogP contribution in [-0.2, 0) is 9.53 Å². The number of esters is 1. The number of amides is 1. The summed E-state index contributed by atoms with van der Waals surface area (Å²) < 4.78 is 15.1. The van der Waals surface area contributed by atoms with Crippen molar-refractivity contribution in [2.24, 2.45) is 0 Å². The number of carbonyl (C=O) groups excluding carboxylic acids is 2. The lowest BCUT2D eigenvalue weighted by molar-refractivity contribution is -0.135. The van der Waals surface area contributed by atoms with E-state index in [1.54, 1.807) is 0 Å². The third kappa shape index (κ3) is 8.89. The van der Waals surface area contributed by atoms with Crippen LogP contribution in [0.2, 0.25) is 0 Å². The average Bonchev–Trinajstić information content (AvgIpc) is 2.65. The van der Waals surface area contributed by atoms with Crippen LogP contribution in [0, 0.1) is 0 Å². The lowest BCUT2D eigenvalue weighted by Crippen LogP contribution is -2.32. The monoisotopic (exact) mass is 382 g/mol. The largest absolute Gasteiger partial charge is 0.491 e. The van der Waals surface area contributed by atoms with Crippen molar-refractivity contribution in [3.63, 3.8) is 0 Å². The molecule has 150 valence electrons. The van der Waals surface area contributed by atoms with Gasteiger partial charge in [-0.3, -0.25) is 4.79 Å². The van der Waals surface area contributed by atoms with Crippen LogP contribution < -0.4 is 14.8 Å². The number of nitrogens with zero attached hydrogens (tertiary/aromatic N) is 1. The highest BCUT2D eigenvalue weighted by atomic mass is 16.6. The van der Waals surface area contributed by atoms with Gasteiger partial charge in [0.15, 0.2) is 5.75 Å². The van der Waals surface area contributed by atoms with Crippen LogP contribution in [0.5, 0.6) is 11.6 Å². The molecule has 0 saturated heterocycles. The Hall–Kier alpha value is -2.84.